The smallest absolute Gasteiger partial charge is 0.341 e. The fourth-order valence-corrected chi connectivity index (χ4v) is 1.92. The Morgan fingerprint density at radius 1 is 1.61 bits per heavy atom. The van der Waals surface area contributed by atoms with Crippen molar-refractivity contribution < 1.29 is 9.53 Å². The SMILES string of the molecule is CCOC(=O)c1cc(N)cnc1NCC1CCC1. The van der Waals surface area contributed by atoms with Gasteiger partial charge in [-0.15, -0.1) is 0 Å². The topological polar surface area (TPSA) is 77.2 Å². The molecule has 0 radical (unpaired) electrons. The van der Waals surface area contributed by atoms with Crippen molar-refractivity contribution in [3.05, 3.63) is 17.8 Å². The number of rotatable bonds is 5. The summed E-state index contributed by atoms with van der Waals surface area (Å²) < 4.78 is 5.00. The molecule has 0 bridgehead atoms. The zero-order valence-corrected chi connectivity index (χ0v) is 10.6. The van der Waals surface area contributed by atoms with Gasteiger partial charge in [0.15, 0.2) is 0 Å². The van der Waals surface area contributed by atoms with E-state index < -0.39 is 0 Å². The van der Waals surface area contributed by atoms with E-state index in [4.69, 9.17) is 10.5 Å². The van der Waals surface area contributed by atoms with Crippen molar-refractivity contribution in [2.45, 2.75) is 26.2 Å². The lowest BCUT2D eigenvalue weighted by Gasteiger charge is -2.26. The monoisotopic (exact) mass is 249 g/mol. The Balaban J connectivity index is 2.08. The van der Waals surface area contributed by atoms with Gasteiger partial charge < -0.3 is 15.8 Å². The molecule has 1 aliphatic rings. The lowest BCUT2D eigenvalue weighted by atomic mass is 9.85. The van der Waals surface area contributed by atoms with Gasteiger partial charge in [0.05, 0.1) is 18.5 Å². The lowest BCUT2D eigenvalue weighted by Crippen LogP contribution is -2.22. The van der Waals surface area contributed by atoms with Gasteiger partial charge in [-0.25, -0.2) is 9.78 Å². The predicted octanol–water partition coefficient (Wildman–Crippen LogP) is 2.05. The van der Waals surface area contributed by atoms with Gasteiger partial charge in [-0.2, -0.15) is 0 Å². The van der Waals surface area contributed by atoms with E-state index in [0.717, 1.165) is 6.54 Å². The van der Waals surface area contributed by atoms with E-state index in [2.05, 4.69) is 10.3 Å². The number of nitrogens with one attached hydrogen (secondary N) is 1. The molecule has 2 rings (SSSR count). The fourth-order valence-electron chi connectivity index (χ4n) is 1.92. The third kappa shape index (κ3) is 2.91. The van der Waals surface area contributed by atoms with Crippen molar-refractivity contribution in [2.24, 2.45) is 5.92 Å². The van der Waals surface area contributed by atoms with Crippen molar-refractivity contribution in [2.75, 3.05) is 24.2 Å². The number of carbonyl (C=O) groups is 1. The average Bonchev–Trinajstić information content (AvgIpc) is 2.29. The zero-order chi connectivity index (χ0) is 13.0. The van der Waals surface area contributed by atoms with E-state index >= 15 is 0 Å². The number of hydrogen-bond acceptors (Lipinski definition) is 5. The molecule has 5 heteroatoms. The molecule has 0 aromatic carbocycles. The van der Waals surface area contributed by atoms with Crippen molar-refractivity contribution in [3.63, 3.8) is 0 Å². The minimum Gasteiger partial charge on any atom is -0.462 e. The third-order valence-electron chi connectivity index (χ3n) is 3.19. The normalized spacial score (nSPS) is 14.9. The molecule has 1 fully saturated rings. The number of nitrogens with zero attached hydrogens (tertiary/aromatic N) is 1. The van der Waals surface area contributed by atoms with Crippen LogP contribution in [-0.2, 0) is 4.74 Å². The Bertz CT molecular complexity index is 430. The highest BCUT2D eigenvalue weighted by Crippen LogP contribution is 2.27. The number of carbonyl (C=O) groups excluding carboxylic acids is 1. The molecule has 5 nitrogen and oxygen atoms in total. The Labute approximate surface area is 107 Å². The summed E-state index contributed by atoms with van der Waals surface area (Å²) in [4.78, 5) is 16.0. The maximum absolute atomic E-state index is 11.8. The number of hydrogen-bond donors (Lipinski definition) is 2. The average molecular weight is 249 g/mol. The molecule has 1 saturated carbocycles. The molecule has 18 heavy (non-hydrogen) atoms. The van der Waals surface area contributed by atoms with Gasteiger partial charge in [-0.1, -0.05) is 6.42 Å². The Morgan fingerprint density at radius 3 is 3.00 bits per heavy atom. The fraction of sp³-hybridized carbons (Fsp3) is 0.538. The number of esters is 1. The van der Waals surface area contributed by atoms with Crippen LogP contribution < -0.4 is 11.1 Å². The minimum absolute atomic E-state index is 0.343. The number of anilines is 2. The number of nitrogen functional groups attached to an aromatic ring is 1. The number of aromatic nitrogens is 1. The summed E-state index contributed by atoms with van der Waals surface area (Å²) in [5, 5.41) is 3.21. The first-order valence-electron chi connectivity index (χ1n) is 6.37. The second-order valence-corrected chi connectivity index (χ2v) is 4.56. The first kappa shape index (κ1) is 12.7. The Morgan fingerprint density at radius 2 is 2.39 bits per heavy atom. The molecule has 1 aromatic rings. The van der Waals surface area contributed by atoms with E-state index in [1.807, 2.05) is 0 Å². The summed E-state index contributed by atoms with van der Waals surface area (Å²) in [5.41, 5.74) is 6.53. The molecule has 0 saturated heterocycles. The second-order valence-electron chi connectivity index (χ2n) is 4.56. The molecule has 1 heterocycles. The molecule has 1 aliphatic carbocycles. The van der Waals surface area contributed by atoms with Crippen LogP contribution in [0.25, 0.3) is 0 Å². The quantitative estimate of drug-likeness (QED) is 0.781. The standard InChI is InChI=1S/C13H19N3O2/c1-2-18-13(17)11-6-10(14)8-16-12(11)15-7-9-4-3-5-9/h6,8-9H,2-5,7,14H2,1H3,(H,15,16). The molecular weight excluding hydrogens is 230 g/mol. The molecular formula is C13H19N3O2. The van der Waals surface area contributed by atoms with Gasteiger partial charge >= 0.3 is 5.97 Å². The Kier molecular flexibility index (Phi) is 4.02. The van der Waals surface area contributed by atoms with E-state index in [1.54, 1.807) is 19.2 Å². The molecule has 3 N–H and O–H groups in total. The van der Waals surface area contributed by atoms with Crippen molar-refractivity contribution in [1.82, 2.24) is 4.98 Å². The Hall–Kier alpha value is -1.78. The number of ether oxygens (including phenoxy) is 1. The van der Waals surface area contributed by atoms with Gasteiger partial charge in [0, 0.05) is 6.54 Å². The lowest BCUT2D eigenvalue weighted by molar-refractivity contribution is 0.0527. The molecule has 0 amide bonds. The zero-order valence-electron chi connectivity index (χ0n) is 10.6. The molecule has 1 aromatic heterocycles. The highest BCUT2D eigenvalue weighted by molar-refractivity contribution is 5.95. The van der Waals surface area contributed by atoms with Crippen LogP contribution in [0, 0.1) is 5.92 Å². The first-order valence-corrected chi connectivity index (χ1v) is 6.37. The summed E-state index contributed by atoms with van der Waals surface area (Å²) in [7, 11) is 0. The van der Waals surface area contributed by atoms with Crippen molar-refractivity contribution in [3.8, 4) is 0 Å². The van der Waals surface area contributed by atoms with Crippen LogP contribution in [0.5, 0.6) is 0 Å². The van der Waals surface area contributed by atoms with Crippen LogP contribution in [0.3, 0.4) is 0 Å². The summed E-state index contributed by atoms with van der Waals surface area (Å²) in [6, 6.07) is 1.61. The first-order chi connectivity index (χ1) is 8.70. The van der Waals surface area contributed by atoms with Gasteiger partial charge in [0.1, 0.15) is 11.4 Å². The summed E-state index contributed by atoms with van der Waals surface area (Å²) in [5.74, 6) is 0.877. The van der Waals surface area contributed by atoms with Gasteiger partial charge in [0.2, 0.25) is 0 Å². The van der Waals surface area contributed by atoms with Crippen LogP contribution in [0.1, 0.15) is 36.5 Å². The van der Waals surface area contributed by atoms with Crippen LogP contribution in [-0.4, -0.2) is 24.1 Å². The van der Waals surface area contributed by atoms with E-state index in [1.165, 1.54) is 19.3 Å². The van der Waals surface area contributed by atoms with E-state index in [-0.39, 0.29) is 5.97 Å². The summed E-state index contributed by atoms with van der Waals surface area (Å²) in [6.07, 6.45) is 5.34. The van der Waals surface area contributed by atoms with E-state index in [0.29, 0.717) is 29.6 Å². The molecule has 0 spiro atoms. The number of pyridine rings is 1. The third-order valence-corrected chi connectivity index (χ3v) is 3.19. The van der Waals surface area contributed by atoms with Crippen LogP contribution in [0.4, 0.5) is 11.5 Å². The minimum atomic E-state index is -0.381. The van der Waals surface area contributed by atoms with Crippen molar-refractivity contribution in [1.29, 1.82) is 0 Å². The maximum Gasteiger partial charge on any atom is 0.341 e. The number of nitrogens with two attached hydrogens (primary N) is 1. The van der Waals surface area contributed by atoms with Gasteiger partial charge in [-0.3, -0.25) is 0 Å². The highest BCUT2D eigenvalue weighted by atomic mass is 16.5. The van der Waals surface area contributed by atoms with Gasteiger partial charge in [0.25, 0.3) is 0 Å². The van der Waals surface area contributed by atoms with E-state index in [9.17, 15) is 4.79 Å². The largest absolute Gasteiger partial charge is 0.462 e. The summed E-state index contributed by atoms with van der Waals surface area (Å²) in [6.45, 7) is 2.97. The van der Waals surface area contributed by atoms with Crippen LogP contribution in [0.2, 0.25) is 0 Å². The molecule has 0 unspecified atom stereocenters. The highest BCUT2D eigenvalue weighted by Gasteiger charge is 2.19. The molecule has 0 atom stereocenters. The van der Waals surface area contributed by atoms with Gasteiger partial charge in [-0.05, 0) is 31.7 Å². The molecule has 0 aliphatic heterocycles. The molecule has 98 valence electrons. The second kappa shape index (κ2) is 5.71. The van der Waals surface area contributed by atoms with Crippen LogP contribution >= 0.6 is 0 Å². The maximum atomic E-state index is 11.8. The van der Waals surface area contributed by atoms with Crippen LogP contribution in [0.15, 0.2) is 12.3 Å². The summed E-state index contributed by atoms with van der Waals surface area (Å²) >= 11 is 0. The predicted molar refractivity (Wildman–Crippen MR) is 70.4 cm³/mol. The van der Waals surface area contributed by atoms with Crippen molar-refractivity contribution >= 4 is 17.5 Å².